The van der Waals surface area contributed by atoms with E-state index in [1.807, 2.05) is 0 Å². The number of ether oxygens (including phenoxy) is 1. The number of anilines is 1. The van der Waals surface area contributed by atoms with Gasteiger partial charge in [0.25, 0.3) is 11.8 Å². The number of carbonyl (C=O) groups is 2. The molecule has 9 heteroatoms. The molecule has 1 heterocycles. The van der Waals surface area contributed by atoms with Gasteiger partial charge in [-0.15, -0.1) is 0 Å². The monoisotopic (exact) mass is 471 g/mol. The number of sulfonamides is 1. The predicted octanol–water partition coefficient (Wildman–Crippen LogP) is 3.02. The smallest absolute Gasteiger partial charge is 0.255 e. The molecule has 0 spiro atoms. The molecular formula is C24H29N3O5S. The van der Waals surface area contributed by atoms with Crippen molar-refractivity contribution in [3.63, 3.8) is 0 Å². The molecule has 1 saturated heterocycles. The van der Waals surface area contributed by atoms with Crippen molar-refractivity contribution in [3.8, 4) is 0 Å². The van der Waals surface area contributed by atoms with Crippen LogP contribution in [0.3, 0.4) is 0 Å². The Hall–Kier alpha value is -2.75. The maximum absolute atomic E-state index is 13.0. The minimum Gasteiger partial charge on any atom is -0.379 e. The molecule has 1 aliphatic carbocycles. The fourth-order valence-electron chi connectivity index (χ4n) is 4.23. The zero-order valence-corrected chi connectivity index (χ0v) is 19.3. The summed E-state index contributed by atoms with van der Waals surface area (Å²) in [4.78, 5) is 25.9. The Morgan fingerprint density at radius 1 is 0.909 bits per heavy atom. The molecule has 33 heavy (non-hydrogen) atoms. The summed E-state index contributed by atoms with van der Waals surface area (Å²) in [6.45, 7) is 1.25. The van der Waals surface area contributed by atoms with Crippen molar-refractivity contribution in [1.29, 1.82) is 0 Å². The van der Waals surface area contributed by atoms with Crippen LogP contribution >= 0.6 is 0 Å². The lowest BCUT2D eigenvalue weighted by molar-refractivity contribution is 0.0730. The molecule has 0 aromatic heterocycles. The number of nitrogens with one attached hydrogen (secondary N) is 2. The first-order valence-corrected chi connectivity index (χ1v) is 12.8. The van der Waals surface area contributed by atoms with E-state index in [9.17, 15) is 18.0 Å². The number of rotatable bonds is 6. The zero-order valence-electron chi connectivity index (χ0n) is 18.5. The van der Waals surface area contributed by atoms with E-state index in [1.165, 1.54) is 22.9 Å². The standard InChI is InChI=1S/C24H29N3O5S/c28-23(18-7-6-10-20(17-18)33(30,31)27-13-15-32-16-14-27)26-22-12-5-4-11-21(22)24(29)25-19-8-2-1-3-9-19/h4-7,10-12,17,19H,1-3,8-9,13-16H2,(H,25,29)(H,26,28). The summed E-state index contributed by atoms with van der Waals surface area (Å²) in [5.41, 5.74) is 0.970. The van der Waals surface area contributed by atoms with Crippen molar-refractivity contribution in [1.82, 2.24) is 9.62 Å². The summed E-state index contributed by atoms with van der Waals surface area (Å²) in [6.07, 6.45) is 5.33. The fraction of sp³-hybridized carbons (Fsp3) is 0.417. The Balaban J connectivity index is 1.50. The number of hydrogen-bond acceptors (Lipinski definition) is 5. The highest BCUT2D eigenvalue weighted by molar-refractivity contribution is 7.89. The van der Waals surface area contributed by atoms with E-state index in [-0.39, 0.29) is 35.5 Å². The molecule has 2 N–H and O–H groups in total. The van der Waals surface area contributed by atoms with Crippen LogP contribution in [0.2, 0.25) is 0 Å². The second-order valence-corrected chi connectivity index (χ2v) is 10.3. The van der Waals surface area contributed by atoms with Crippen molar-refractivity contribution in [2.24, 2.45) is 0 Å². The Bertz CT molecular complexity index is 1110. The highest BCUT2D eigenvalue weighted by Crippen LogP contribution is 2.22. The SMILES string of the molecule is O=C(Nc1ccccc1C(=O)NC1CCCCC1)c1cccc(S(=O)(=O)N2CCOCC2)c1. The number of carbonyl (C=O) groups excluding carboxylic acids is 2. The van der Waals surface area contributed by atoms with Crippen LogP contribution in [0.15, 0.2) is 53.4 Å². The van der Waals surface area contributed by atoms with Gasteiger partial charge in [-0.1, -0.05) is 37.5 Å². The quantitative estimate of drug-likeness (QED) is 0.674. The summed E-state index contributed by atoms with van der Waals surface area (Å²) in [6, 6.07) is 12.9. The summed E-state index contributed by atoms with van der Waals surface area (Å²) in [7, 11) is -3.72. The number of amides is 2. The van der Waals surface area contributed by atoms with Gasteiger partial charge in [0.2, 0.25) is 10.0 Å². The second-order valence-electron chi connectivity index (χ2n) is 8.35. The summed E-state index contributed by atoms with van der Waals surface area (Å²) >= 11 is 0. The average Bonchev–Trinajstić information content (AvgIpc) is 2.85. The number of nitrogens with zero attached hydrogens (tertiary/aromatic N) is 1. The van der Waals surface area contributed by atoms with E-state index in [1.54, 1.807) is 36.4 Å². The lowest BCUT2D eigenvalue weighted by atomic mass is 9.95. The minimum atomic E-state index is -3.72. The molecular weight excluding hydrogens is 442 g/mol. The van der Waals surface area contributed by atoms with Crippen molar-refractivity contribution in [3.05, 3.63) is 59.7 Å². The Labute approximate surface area is 194 Å². The van der Waals surface area contributed by atoms with Crippen LogP contribution in [0, 0.1) is 0 Å². The van der Waals surface area contributed by atoms with Gasteiger partial charge in [0.1, 0.15) is 0 Å². The van der Waals surface area contributed by atoms with Crippen LogP contribution < -0.4 is 10.6 Å². The number of hydrogen-bond donors (Lipinski definition) is 2. The van der Waals surface area contributed by atoms with Crippen LogP contribution in [-0.4, -0.2) is 56.9 Å². The molecule has 0 atom stereocenters. The van der Waals surface area contributed by atoms with Crippen LogP contribution in [0.4, 0.5) is 5.69 Å². The van der Waals surface area contributed by atoms with Gasteiger partial charge in [0.05, 0.1) is 29.4 Å². The topological polar surface area (TPSA) is 105 Å². The summed E-state index contributed by atoms with van der Waals surface area (Å²) in [5, 5.41) is 5.84. The molecule has 0 radical (unpaired) electrons. The van der Waals surface area contributed by atoms with Gasteiger partial charge in [-0.3, -0.25) is 9.59 Å². The molecule has 1 saturated carbocycles. The second kappa shape index (κ2) is 10.5. The Morgan fingerprint density at radius 2 is 1.64 bits per heavy atom. The van der Waals surface area contributed by atoms with Gasteiger partial charge in [0.15, 0.2) is 0 Å². The average molecular weight is 472 g/mol. The highest BCUT2D eigenvalue weighted by atomic mass is 32.2. The molecule has 176 valence electrons. The van der Waals surface area contributed by atoms with Crippen molar-refractivity contribution in [2.75, 3.05) is 31.6 Å². The largest absolute Gasteiger partial charge is 0.379 e. The van der Waals surface area contributed by atoms with Crippen LogP contribution in [-0.2, 0) is 14.8 Å². The normalized spacial score (nSPS) is 17.9. The summed E-state index contributed by atoms with van der Waals surface area (Å²) < 4.78 is 32.5. The first-order chi connectivity index (χ1) is 15.9. The Morgan fingerprint density at radius 3 is 2.39 bits per heavy atom. The molecule has 0 unspecified atom stereocenters. The van der Waals surface area contributed by atoms with E-state index >= 15 is 0 Å². The van der Waals surface area contributed by atoms with Gasteiger partial charge in [-0.2, -0.15) is 4.31 Å². The maximum atomic E-state index is 13.0. The Kier molecular flexibility index (Phi) is 7.42. The van der Waals surface area contributed by atoms with Gasteiger partial charge in [0, 0.05) is 24.7 Å². The minimum absolute atomic E-state index is 0.0559. The predicted molar refractivity (Wildman–Crippen MR) is 125 cm³/mol. The van der Waals surface area contributed by atoms with E-state index in [0.29, 0.717) is 24.5 Å². The maximum Gasteiger partial charge on any atom is 0.255 e. The lowest BCUT2D eigenvalue weighted by Crippen LogP contribution is -2.40. The van der Waals surface area contributed by atoms with Gasteiger partial charge < -0.3 is 15.4 Å². The highest BCUT2D eigenvalue weighted by Gasteiger charge is 2.27. The van der Waals surface area contributed by atoms with Crippen molar-refractivity contribution >= 4 is 27.5 Å². The van der Waals surface area contributed by atoms with Gasteiger partial charge in [-0.25, -0.2) is 8.42 Å². The number of benzene rings is 2. The molecule has 8 nitrogen and oxygen atoms in total. The van der Waals surface area contributed by atoms with Crippen LogP contribution in [0.5, 0.6) is 0 Å². The lowest BCUT2D eigenvalue weighted by Gasteiger charge is -2.26. The van der Waals surface area contributed by atoms with Crippen molar-refractivity contribution in [2.45, 2.75) is 43.0 Å². The van der Waals surface area contributed by atoms with E-state index in [2.05, 4.69) is 10.6 Å². The third-order valence-electron chi connectivity index (χ3n) is 6.06. The first-order valence-electron chi connectivity index (χ1n) is 11.3. The fourth-order valence-corrected chi connectivity index (χ4v) is 5.68. The van der Waals surface area contributed by atoms with E-state index < -0.39 is 15.9 Å². The zero-order chi connectivity index (χ0) is 23.3. The molecule has 4 rings (SSSR count). The van der Waals surface area contributed by atoms with E-state index in [0.717, 1.165) is 25.7 Å². The number of para-hydroxylation sites is 1. The molecule has 2 amide bonds. The molecule has 2 fully saturated rings. The first kappa shape index (κ1) is 23.4. The third-order valence-corrected chi connectivity index (χ3v) is 7.96. The molecule has 1 aliphatic heterocycles. The van der Waals surface area contributed by atoms with Gasteiger partial charge in [-0.05, 0) is 43.2 Å². The van der Waals surface area contributed by atoms with E-state index in [4.69, 9.17) is 4.74 Å². The molecule has 2 aromatic carbocycles. The summed E-state index contributed by atoms with van der Waals surface area (Å²) in [5.74, 6) is -0.701. The van der Waals surface area contributed by atoms with Crippen molar-refractivity contribution < 1.29 is 22.7 Å². The van der Waals surface area contributed by atoms with Gasteiger partial charge >= 0.3 is 0 Å². The molecule has 2 aliphatic rings. The molecule has 2 aromatic rings. The third kappa shape index (κ3) is 5.61. The van der Waals surface area contributed by atoms with Crippen LogP contribution in [0.1, 0.15) is 52.8 Å². The molecule has 0 bridgehead atoms. The van der Waals surface area contributed by atoms with Crippen LogP contribution in [0.25, 0.3) is 0 Å². The number of morpholine rings is 1.